The van der Waals surface area contributed by atoms with E-state index in [4.69, 9.17) is 0 Å². The van der Waals surface area contributed by atoms with Crippen molar-refractivity contribution in [1.82, 2.24) is 3.97 Å². The fraction of sp³-hybridized carbons (Fsp3) is 0.250. The van der Waals surface area contributed by atoms with Crippen molar-refractivity contribution < 1.29 is 13.5 Å². The lowest BCUT2D eigenvalue weighted by molar-refractivity contribution is 0.274. The highest BCUT2D eigenvalue weighted by Gasteiger charge is 2.40. The van der Waals surface area contributed by atoms with Gasteiger partial charge in [0.2, 0.25) is 0 Å². The topological polar surface area (TPSA) is 83.1 Å². The lowest BCUT2D eigenvalue weighted by Gasteiger charge is -2.08. The molecular weight excluding hydrogens is 348 g/mol. The van der Waals surface area contributed by atoms with Gasteiger partial charge in [-0.1, -0.05) is 17.7 Å². The van der Waals surface area contributed by atoms with E-state index in [0.717, 1.165) is 22.9 Å². The molecule has 5 nitrogen and oxygen atoms in total. The Morgan fingerprint density at radius 3 is 2.58 bits per heavy atom. The summed E-state index contributed by atoms with van der Waals surface area (Å²) < 4.78 is 27.6. The van der Waals surface area contributed by atoms with Gasteiger partial charge in [-0.25, -0.2) is 12.4 Å². The number of nitrogens with zero attached hydrogens (tertiary/aromatic N) is 2. The molecule has 132 valence electrons. The van der Waals surface area contributed by atoms with Crippen LogP contribution in [0.15, 0.2) is 53.6 Å². The Bertz CT molecular complexity index is 1140. The lowest BCUT2D eigenvalue weighted by Crippen LogP contribution is -2.11. The van der Waals surface area contributed by atoms with Crippen molar-refractivity contribution in [3.63, 3.8) is 0 Å². The fourth-order valence-corrected chi connectivity index (χ4v) is 4.82. The molecule has 3 aromatic rings. The van der Waals surface area contributed by atoms with E-state index < -0.39 is 10.0 Å². The van der Waals surface area contributed by atoms with Crippen molar-refractivity contribution in [1.29, 1.82) is 5.26 Å². The van der Waals surface area contributed by atoms with Crippen LogP contribution in [0, 0.1) is 24.2 Å². The lowest BCUT2D eigenvalue weighted by atomic mass is 10.1. The summed E-state index contributed by atoms with van der Waals surface area (Å²) in [4.78, 5) is 0.227. The van der Waals surface area contributed by atoms with E-state index in [0.29, 0.717) is 11.1 Å². The maximum Gasteiger partial charge on any atom is 0.268 e. The van der Waals surface area contributed by atoms with E-state index in [1.807, 2.05) is 6.92 Å². The molecule has 1 fully saturated rings. The molecule has 2 aromatic carbocycles. The number of aromatic nitrogens is 1. The van der Waals surface area contributed by atoms with E-state index in [-0.39, 0.29) is 23.3 Å². The number of aryl methyl sites for hydroxylation is 1. The highest BCUT2D eigenvalue weighted by molar-refractivity contribution is 7.90. The van der Waals surface area contributed by atoms with Gasteiger partial charge in [-0.3, -0.25) is 0 Å². The fourth-order valence-electron chi connectivity index (χ4n) is 3.44. The standard InChI is InChI=1S/C20H18N2O3S/c1-13-2-5-16(6-3-13)26(24,25)22-11-19(17-9-15(17)12-23)18-8-14(10-21)4-7-20(18)22/h2-8,11,15,17,23H,9,12H2,1H3. The average Bonchev–Trinajstić information content (AvgIpc) is 3.33. The zero-order valence-electron chi connectivity index (χ0n) is 14.3. The Morgan fingerprint density at radius 2 is 1.96 bits per heavy atom. The van der Waals surface area contributed by atoms with Gasteiger partial charge in [0, 0.05) is 18.2 Å². The minimum atomic E-state index is -3.74. The highest BCUT2D eigenvalue weighted by atomic mass is 32.2. The van der Waals surface area contributed by atoms with E-state index in [9.17, 15) is 18.8 Å². The Balaban J connectivity index is 1.93. The van der Waals surface area contributed by atoms with Gasteiger partial charge < -0.3 is 5.11 Å². The summed E-state index contributed by atoms with van der Waals surface area (Å²) in [5, 5.41) is 19.4. The van der Waals surface area contributed by atoms with Gasteiger partial charge >= 0.3 is 0 Å². The Kier molecular flexibility index (Phi) is 3.87. The maximum atomic E-state index is 13.2. The molecule has 0 aliphatic heterocycles. The van der Waals surface area contributed by atoms with Gasteiger partial charge in [-0.15, -0.1) is 0 Å². The quantitative estimate of drug-likeness (QED) is 0.769. The van der Waals surface area contributed by atoms with Crippen molar-refractivity contribution in [3.8, 4) is 6.07 Å². The molecule has 1 aromatic heterocycles. The van der Waals surface area contributed by atoms with Crippen LogP contribution in [-0.4, -0.2) is 24.1 Å². The van der Waals surface area contributed by atoms with Crippen LogP contribution in [0.3, 0.4) is 0 Å². The van der Waals surface area contributed by atoms with Crippen LogP contribution in [0.2, 0.25) is 0 Å². The molecule has 26 heavy (non-hydrogen) atoms. The first kappa shape index (κ1) is 16.8. The van der Waals surface area contributed by atoms with Crippen LogP contribution in [0.5, 0.6) is 0 Å². The van der Waals surface area contributed by atoms with Gasteiger partial charge in [-0.05, 0) is 61.1 Å². The van der Waals surface area contributed by atoms with E-state index in [2.05, 4.69) is 6.07 Å². The summed E-state index contributed by atoms with van der Waals surface area (Å²) in [6.45, 7) is 1.99. The van der Waals surface area contributed by atoms with Crippen LogP contribution < -0.4 is 0 Å². The molecule has 0 radical (unpaired) electrons. The number of hydrogen-bond acceptors (Lipinski definition) is 4. The number of benzene rings is 2. The van der Waals surface area contributed by atoms with Crippen LogP contribution in [-0.2, 0) is 10.0 Å². The molecule has 2 unspecified atom stereocenters. The molecule has 1 aliphatic carbocycles. The van der Waals surface area contributed by atoms with Crippen molar-refractivity contribution in [3.05, 3.63) is 65.4 Å². The highest BCUT2D eigenvalue weighted by Crippen LogP contribution is 2.50. The monoisotopic (exact) mass is 366 g/mol. The van der Waals surface area contributed by atoms with Gasteiger partial charge in [0.25, 0.3) is 10.0 Å². The third-order valence-electron chi connectivity index (χ3n) is 5.06. The smallest absolute Gasteiger partial charge is 0.268 e. The number of aliphatic hydroxyl groups excluding tert-OH is 1. The minimum Gasteiger partial charge on any atom is -0.396 e. The molecule has 0 amide bonds. The van der Waals surface area contributed by atoms with Crippen molar-refractivity contribution in [2.45, 2.75) is 24.2 Å². The van der Waals surface area contributed by atoms with E-state index >= 15 is 0 Å². The van der Waals surface area contributed by atoms with Crippen LogP contribution in [0.25, 0.3) is 10.9 Å². The summed E-state index contributed by atoms with van der Waals surface area (Å²) in [6.07, 6.45) is 2.48. The number of nitriles is 1. The molecule has 4 rings (SSSR count). The third-order valence-corrected chi connectivity index (χ3v) is 6.75. The van der Waals surface area contributed by atoms with Gasteiger partial charge in [0.15, 0.2) is 0 Å². The molecule has 2 atom stereocenters. The first-order valence-electron chi connectivity index (χ1n) is 8.44. The SMILES string of the molecule is Cc1ccc(S(=O)(=O)n2cc(C3CC3CO)c3cc(C#N)ccc32)cc1. The Hall–Kier alpha value is -2.62. The normalized spacial score (nSPS) is 19.4. The molecule has 1 aliphatic rings. The van der Waals surface area contributed by atoms with Crippen LogP contribution in [0.1, 0.15) is 29.0 Å². The number of aliphatic hydroxyl groups is 1. The van der Waals surface area contributed by atoms with E-state index in [1.54, 1.807) is 48.7 Å². The summed E-state index contributed by atoms with van der Waals surface area (Å²) in [7, 11) is -3.74. The predicted octanol–water partition coefficient (Wildman–Crippen LogP) is 3.15. The van der Waals surface area contributed by atoms with Gasteiger partial charge in [0.1, 0.15) is 0 Å². The zero-order chi connectivity index (χ0) is 18.5. The third kappa shape index (κ3) is 2.61. The second kappa shape index (κ2) is 5.97. The minimum absolute atomic E-state index is 0.0833. The maximum absolute atomic E-state index is 13.2. The van der Waals surface area contributed by atoms with Crippen molar-refractivity contribution in [2.75, 3.05) is 6.61 Å². The molecule has 1 N–H and O–H groups in total. The average molecular weight is 366 g/mol. The first-order chi connectivity index (χ1) is 12.5. The molecule has 0 spiro atoms. The second-order valence-electron chi connectivity index (χ2n) is 6.83. The molecule has 6 heteroatoms. The van der Waals surface area contributed by atoms with Gasteiger partial charge in [0.05, 0.1) is 22.0 Å². The molecular formula is C20H18N2O3S. The number of rotatable bonds is 4. The van der Waals surface area contributed by atoms with Gasteiger partial charge in [-0.2, -0.15) is 5.26 Å². The molecule has 1 heterocycles. The molecule has 1 saturated carbocycles. The predicted molar refractivity (Wildman–Crippen MR) is 98.3 cm³/mol. The summed E-state index contributed by atoms with van der Waals surface area (Å²) in [6, 6.07) is 13.9. The number of hydrogen-bond donors (Lipinski definition) is 1. The number of fused-ring (bicyclic) bond motifs is 1. The van der Waals surface area contributed by atoms with Crippen molar-refractivity contribution >= 4 is 20.9 Å². The Morgan fingerprint density at radius 1 is 1.23 bits per heavy atom. The molecule has 0 bridgehead atoms. The molecule has 0 saturated heterocycles. The summed E-state index contributed by atoms with van der Waals surface area (Å²) in [5.41, 5.74) is 2.92. The van der Waals surface area contributed by atoms with Crippen LogP contribution >= 0.6 is 0 Å². The van der Waals surface area contributed by atoms with Crippen LogP contribution in [0.4, 0.5) is 0 Å². The second-order valence-corrected chi connectivity index (χ2v) is 8.64. The van der Waals surface area contributed by atoms with E-state index in [1.165, 1.54) is 3.97 Å². The Labute approximate surface area is 152 Å². The first-order valence-corrected chi connectivity index (χ1v) is 9.88. The van der Waals surface area contributed by atoms with Crippen molar-refractivity contribution in [2.24, 2.45) is 5.92 Å². The largest absolute Gasteiger partial charge is 0.396 e. The summed E-state index contributed by atoms with van der Waals surface area (Å²) >= 11 is 0. The summed E-state index contributed by atoms with van der Waals surface area (Å²) in [5.74, 6) is 0.285. The zero-order valence-corrected chi connectivity index (χ0v) is 15.1.